The predicted octanol–water partition coefficient (Wildman–Crippen LogP) is 6.31. The molecule has 1 unspecified atom stereocenters. The lowest BCUT2D eigenvalue weighted by molar-refractivity contribution is 0.0760. The van der Waals surface area contributed by atoms with Crippen molar-refractivity contribution < 1.29 is 26.8 Å². The number of ketones is 1. The van der Waals surface area contributed by atoms with Crippen molar-refractivity contribution in [3.05, 3.63) is 71.0 Å². The summed E-state index contributed by atoms with van der Waals surface area (Å²) < 4.78 is 58.0. The van der Waals surface area contributed by atoms with Gasteiger partial charge < -0.3 is 14.5 Å². The molecule has 0 fully saturated rings. The SMILES string of the molecule is CC(=O)c1ccc(C2C(C)(C)OC(N[C@@H](CCO[Si](C)(C)C(C)(C)C)c3ccccc3F)=NS2(=O)=O)cc1. The Kier molecular flexibility index (Phi) is 8.60. The molecule has 1 N–H and O–H groups in total. The Bertz CT molecular complexity index is 1300. The van der Waals surface area contributed by atoms with Gasteiger partial charge in [0.1, 0.15) is 16.7 Å². The molecule has 0 saturated carbocycles. The summed E-state index contributed by atoms with van der Waals surface area (Å²) in [6.07, 6.45) is 0.381. The molecule has 2 atom stereocenters. The molecule has 1 aliphatic rings. The van der Waals surface area contributed by atoms with Crippen molar-refractivity contribution in [1.29, 1.82) is 0 Å². The quantitative estimate of drug-likeness (QED) is 0.299. The van der Waals surface area contributed by atoms with Gasteiger partial charge in [-0.25, -0.2) is 12.8 Å². The lowest BCUT2D eigenvalue weighted by Gasteiger charge is -2.38. The molecule has 38 heavy (non-hydrogen) atoms. The van der Waals surface area contributed by atoms with Gasteiger partial charge >= 0.3 is 6.02 Å². The molecule has 2 aromatic rings. The van der Waals surface area contributed by atoms with Gasteiger partial charge in [-0.15, -0.1) is 4.40 Å². The lowest BCUT2D eigenvalue weighted by Crippen LogP contribution is -2.48. The van der Waals surface area contributed by atoms with E-state index in [1.54, 1.807) is 56.3 Å². The summed E-state index contributed by atoms with van der Waals surface area (Å²) in [5.41, 5.74) is 0.128. The van der Waals surface area contributed by atoms with Crippen LogP contribution in [0, 0.1) is 5.82 Å². The monoisotopic (exact) mass is 562 g/mol. The van der Waals surface area contributed by atoms with Gasteiger partial charge in [-0.1, -0.05) is 63.2 Å². The first-order valence-corrected chi connectivity index (χ1v) is 17.1. The van der Waals surface area contributed by atoms with Crippen LogP contribution in [0.5, 0.6) is 0 Å². The normalized spacial score (nSPS) is 19.7. The summed E-state index contributed by atoms with van der Waals surface area (Å²) in [6, 6.07) is 11.9. The number of rotatable bonds is 8. The average molecular weight is 563 g/mol. The third-order valence-corrected chi connectivity index (χ3v) is 13.8. The molecule has 0 aromatic heterocycles. The van der Waals surface area contributed by atoms with Crippen LogP contribution in [0.15, 0.2) is 52.9 Å². The van der Waals surface area contributed by atoms with E-state index in [-0.39, 0.29) is 16.8 Å². The standard InChI is InChI=1S/C28H39FN2O5SSi/c1-19(32)20-13-15-21(16-14-20)25-28(5,6)36-26(31-37(25,33)34)30-24(22-11-9-10-12-23(22)29)17-18-35-38(7,8)27(2,3)4/h9-16,24-25H,17-18H2,1-8H3,(H,30,31)/t24-,25?/m0/s1. The van der Waals surface area contributed by atoms with Gasteiger partial charge in [-0.3, -0.25) is 4.79 Å². The number of hydrogen-bond acceptors (Lipinski definition) is 6. The minimum atomic E-state index is -4.07. The maximum Gasteiger partial charge on any atom is 0.301 e. The molecule has 0 bridgehead atoms. The summed E-state index contributed by atoms with van der Waals surface area (Å²) in [7, 11) is -6.11. The molecular formula is C28H39FN2O5SSi. The second-order valence-electron chi connectivity index (χ2n) is 11.8. The van der Waals surface area contributed by atoms with Gasteiger partial charge in [0.25, 0.3) is 10.0 Å². The van der Waals surface area contributed by atoms with Crippen molar-refractivity contribution in [2.75, 3.05) is 6.61 Å². The number of hydrogen-bond donors (Lipinski definition) is 1. The summed E-state index contributed by atoms with van der Waals surface area (Å²) in [6.45, 7) is 15.9. The summed E-state index contributed by atoms with van der Waals surface area (Å²) in [4.78, 5) is 11.6. The van der Waals surface area contributed by atoms with Gasteiger partial charge in [0.05, 0.1) is 6.04 Å². The van der Waals surface area contributed by atoms with Crippen LogP contribution in [0.2, 0.25) is 18.1 Å². The zero-order valence-electron chi connectivity index (χ0n) is 23.5. The highest BCUT2D eigenvalue weighted by atomic mass is 32.2. The van der Waals surface area contributed by atoms with Gasteiger partial charge in [0.15, 0.2) is 14.1 Å². The van der Waals surface area contributed by atoms with Gasteiger partial charge in [-0.05, 0) is 57.0 Å². The average Bonchev–Trinajstić information content (AvgIpc) is 2.76. The molecule has 208 valence electrons. The van der Waals surface area contributed by atoms with Crippen LogP contribution in [-0.4, -0.2) is 40.7 Å². The number of Topliss-reactive ketones (excluding diaryl/α,β-unsaturated/α-hetero) is 1. The second kappa shape index (κ2) is 10.9. The van der Waals surface area contributed by atoms with Gasteiger partial charge in [-0.2, -0.15) is 0 Å². The van der Waals surface area contributed by atoms with Crippen LogP contribution in [0.3, 0.4) is 0 Å². The molecule has 7 nitrogen and oxygen atoms in total. The van der Waals surface area contributed by atoms with Crippen molar-refractivity contribution in [1.82, 2.24) is 5.32 Å². The number of ether oxygens (including phenoxy) is 1. The lowest BCUT2D eigenvalue weighted by atomic mass is 9.96. The van der Waals surface area contributed by atoms with Gasteiger partial charge in [0, 0.05) is 17.7 Å². The fraction of sp³-hybridized carbons (Fsp3) is 0.500. The van der Waals surface area contributed by atoms with Crippen molar-refractivity contribution in [2.45, 2.75) is 83.0 Å². The van der Waals surface area contributed by atoms with E-state index in [2.05, 4.69) is 43.6 Å². The molecule has 1 aliphatic heterocycles. The molecule has 2 aromatic carbocycles. The van der Waals surface area contributed by atoms with E-state index >= 15 is 0 Å². The largest absolute Gasteiger partial charge is 0.457 e. The fourth-order valence-electron chi connectivity index (χ4n) is 4.23. The molecule has 0 aliphatic carbocycles. The Balaban J connectivity index is 1.90. The van der Waals surface area contributed by atoms with E-state index in [9.17, 15) is 17.6 Å². The number of benzene rings is 2. The highest BCUT2D eigenvalue weighted by Gasteiger charge is 2.47. The smallest absolute Gasteiger partial charge is 0.301 e. The molecule has 10 heteroatoms. The highest BCUT2D eigenvalue weighted by molar-refractivity contribution is 7.90. The first-order chi connectivity index (χ1) is 17.4. The third-order valence-electron chi connectivity index (χ3n) is 7.37. The highest BCUT2D eigenvalue weighted by Crippen LogP contribution is 2.41. The van der Waals surface area contributed by atoms with Crippen molar-refractivity contribution in [2.24, 2.45) is 4.40 Å². The summed E-state index contributed by atoms with van der Waals surface area (Å²) in [5, 5.41) is 1.97. The molecule has 0 radical (unpaired) electrons. The molecule has 3 rings (SSSR count). The Hall–Kier alpha value is -2.56. The predicted molar refractivity (Wildman–Crippen MR) is 151 cm³/mol. The van der Waals surface area contributed by atoms with E-state index in [0.29, 0.717) is 29.7 Å². The van der Waals surface area contributed by atoms with Gasteiger partial charge in [0.2, 0.25) is 0 Å². The first-order valence-electron chi connectivity index (χ1n) is 12.7. The Labute approximate surface area is 227 Å². The minimum absolute atomic E-state index is 0.0141. The first kappa shape index (κ1) is 30.0. The van der Waals surface area contributed by atoms with Crippen molar-refractivity contribution in [3.8, 4) is 0 Å². The zero-order chi connectivity index (χ0) is 28.5. The number of halogens is 1. The van der Waals surface area contributed by atoms with Crippen LogP contribution < -0.4 is 5.32 Å². The number of amidine groups is 1. The molecule has 0 spiro atoms. The molecular weight excluding hydrogens is 523 g/mol. The maximum absolute atomic E-state index is 14.8. The molecule has 1 heterocycles. The van der Waals surface area contributed by atoms with Crippen LogP contribution >= 0.6 is 0 Å². The Morgan fingerprint density at radius 2 is 1.76 bits per heavy atom. The maximum atomic E-state index is 14.8. The number of carbonyl (C=O) groups excluding carboxylic acids is 1. The van der Waals surface area contributed by atoms with Crippen LogP contribution in [0.25, 0.3) is 0 Å². The minimum Gasteiger partial charge on any atom is -0.457 e. The van der Waals surface area contributed by atoms with Crippen molar-refractivity contribution in [3.63, 3.8) is 0 Å². The summed E-state index contributed by atoms with van der Waals surface area (Å²) >= 11 is 0. The van der Waals surface area contributed by atoms with Crippen LogP contribution in [0.1, 0.15) is 80.7 Å². The number of nitrogens with one attached hydrogen (secondary N) is 1. The number of nitrogens with zero attached hydrogens (tertiary/aromatic N) is 1. The Morgan fingerprint density at radius 3 is 2.29 bits per heavy atom. The van der Waals surface area contributed by atoms with E-state index in [1.807, 2.05) is 0 Å². The number of sulfonamides is 1. The molecule has 0 saturated heterocycles. The topological polar surface area (TPSA) is 94.1 Å². The van der Waals surface area contributed by atoms with E-state index in [1.165, 1.54) is 13.0 Å². The van der Waals surface area contributed by atoms with E-state index in [4.69, 9.17) is 9.16 Å². The van der Waals surface area contributed by atoms with E-state index < -0.39 is 41.1 Å². The van der Waals surface area contributed by atoms with Crippen LogP contribution in [-0.2, 0) is 19.2 Å². The van der Waals surface area contributed by atoms with Crippen LogP contribution in [0.4, 0.5) is 4.39 Å². The van der Waals surface area contributed by atoms with E-state index in [0.717, 1.165) is 0 Å². The van der Waals surface area contributed by atoms with Crippen molar-refractivity contribution >= 4 is 30.1 Å². The second-order valence-corrected chi connectivity index (χ2v) is 18.3. The third kappa shape index (κ3) is 6.70. The number of carbonyl (C=O) groups is 1. The Morgan fingerprint density at radius 1 is 1.16 bits per heavy atom. The summed E-state index contributed by atoms with van der Waals surface area (Å²) in [5.74, 6) is -0.529. The molecule has 0 amide bonds. The zero-order valence-corrected chi connectivity index (χ0v) is 25.3. The fourth-order valence-corrected chi connectivity index (χ4v) is 6.98.